The highest BCUT2D eigenvalue weighted by atomic mass is 35.5. The zero-order chi connectivity index (χ0) is 21.2. The number of aromatic nitrogens is 4. The zero-order valence-electron chi connectivity index (χ0n) is 16.6. The van der Waals surface area contributed by atoms with Crippen molar-refractivity contribution >= 4 is 28.9 Å². The third-order valence-corrected chi connectivity index (χ3v) is 5.56. The van der Waals surface area contributed by atoms with Gasteiger partial charge in [-0.15, -0.1) is 0 Å². The van der Waals surface area contributed by atoms with E-state index in [-0.39, 0.29) is 5.02 Å². The van der Waals surface area contributed by atoms with E-state index in [2.05, 4.69) is 20.3 Å². The highest BCUT2D eigenvalue weighted by Crippen LogP contribution is 2.28. The number of pyridine rings is 1. The maximum Gasteiger partial charge on any atom is 0.153 e. The Hall–Kier alpha value is -3.23. The van der Waals surface area contributed by atoms with Gasteiger partial charge in [0, 0.05) is 18.7 Å². The van der Waals surface area contributed by atoms with Crippen LogP contribution in [0.25, 0.3) is 16.9 Å². The van der Waals surface area contributed by atoms with E-state index in [9.17, 15) is 4.39 Å². The Balaban J connectivity index is 1.38. The SMILES string of the molecule is Fc1cccc(-c2ccc3ncc(CNc4cccc(N5CCOCC5)n4)n3n2)c1Cl. The van der Waals surface area contributed by atoms with E-state index < -0.39 is 5.82 Å². The van der Waals surface area contributed by atoms with Crippen LogP contribution in [0.4, 0.5) is 16.0 Å². The van der Waals surface area contributed by atoms with Crippen molar-refractivity contribution in [3.8, 4) is 11.3 Å². The minimum atomic E-state index is -0.472. The second-order valence-electron chi connectivity index (χ2n) is 7.17. The van der Waals surface area contributed by atoms with Gasteiger partial charge in [-0.2, -0.15) is 5.10 Å². The van der Waals surface area contributed by atoms with Crippen molar-refractivity contribution in [2.24, 2.45) is 0 Å². The number of fused-ring (bicyclic) bond motifs is 1. The van der Waals surface area contributed by atoms with Crippen LogP contribution in [0.5, 0.6) is 0 Å². The number of hydrogen-bond donors (Lipinski definition) is 1. The topological polar surface area (TPSA) is 67.6 Å². The summed E-state index contributed by atoms with van der Waals surface area (Å²) >= 11 is 6.14. The molecule has 1 aromatic carbocycles. The van der Waals surface area contributed by atoms with Crippen LogP contribution in [-0.2, 0) is 11.3 Å². The summed E-state index contributed by atoms with van der Waals surface area (Å²) in [5.41, 5.74) is 2.66. The van der Waals surface area contributed by atoms with Gasteiger partial charge < -0.3 is 15.0 Å². The highest BCUT2D eigenvalue weighted by molar-refractivity contribution is 6.33. The largest absolute Gasteiger partial charge is 0.378 e. The molecule has 1 aliphatic rings. The zero-order valence-corrected chi connectivity index (χ0v) is 17.4. The molecule has 3 aromatic heterocycles. The van der Waals surface area contributed by atoms with Crippen LogP contribution in [0.2, 0.25) is 5.02 Å². The molecule has 0 radical (unpaired) electrons. The number of hydrogen-bond acceptors (Lipinski definition) is 6. The highest BCUT2D eigenvalue weighted by Gasteiger charge is 2.14. The third-order valence-electron chi connectivity index (χ3n) is 5.18. The molecule has 7 nitrogen and oxygen atoms in total. The summed E-state index contributed by atoms with van der Waals surface area (Å²) in [4.78, 5) is 11.3. The number of halogens is 2. The van der Waals surface area contributed by atoms with Gasteiger partial charge in [0.1, 0.15) is 17.5 Å². The van der Waals surface area contributed by atoms with Crippen molar-refractivity contribution < 1.29 is 9.13 Å². The smallest absolute Gasteiger partial charge is 0.153 e. The fraction of sp³-hybridized carbons (Fsp3) is 0.227. The summed E-state index contributed by atoms with van der Waals surface area (Å²) in [6.07, 6.45) is 1.76. The Morgan fingerprint density at radius 3 is 2.77 bits per heavy atom. The summed E-state index contributed by atoms with van der Waals surface area (Å²) in [5.74, 6) is 1.22. The molecule has 0 aliphatic carbocycles. The molecule has 1 N–H and O–H groups in total. The Bertz CT molecular complexity index is 1220. The van der Waals surface area contributed by atoms with Gasteiger partial charge in [-0.3, -0.25) is 0 Å². The molecular weight excluding hydrogens is 419 g/mol. The quantitative estimate of drug-likeness (QED) is 0.507. The van der Waals surface area contributed by atoms with E-state index in [4.69, 9.17) is 21.3 Å². The van der Waals surface area contributed by atoms with Gasteiger partial charge in [-0.1, -0.05) is 29.8 Å². The van der Waals surface area contributed by atoms with Crippen LogP contribution >= 0.6 is 11.6 Å². The van der Waals surface area contributed by atoms with Crippen molar-refractivity contribution in [2.45, 2.75) is 6.54 Å². The maximum atomic E-state index is 13.9. The molecular formula is C22H20ClFN6O. The van der Waals surface area contributed by atoms with Gasteiger partial charge >= 0.3 is 0 Å². The number of nitrogens with one attached hydrogen (secondary N) is 1. The average molecular weight is 439 g/mol. The predicted molar refractivity (Wildman–Crippen MR) is 118 cm³/mol. The lowest BCUT2D eigenvalue weighted by atomic mass is 10.1. The van der Waals surface area contributed by atoms with Crippen LogP contribution in [0.15, 0.2) is 54.7 Å². The number of rotatable bonds is 5. The van der Waals surface area contributed by atoms with Crippen LogP contribution in [-0.4, -0.2) is 45.9 Å². The summed E-state index contributed by atoms with van der Waals surface area (Å²) in [7, 11) is 0. The Morgan fingerprint density at radius 1 is 1.06 bits per heavy atom. The lowest BCUT2D eigenvalue weighted by Gasteiger charge is -2.28. The van der Waals surface area contributed by atoms with Crippen molar-refractivity contribution in [3.63, 3.8) is 0 Å². The number of benzene rings is 1. The first kappa shape index (κ1) is 19.7. The molecule has 4 heterocycles. The molecule has 0 amide bonds. The first-order valence-electron chi connectivity index (χ1n) is 10.0. The van der Waals surface area contributed by atoms with Crippen molar-refractivity contribution in [1.82, 2.24) is 19.6 Å². The van der Waals surface area contributed by atoms with Gasteiger partial charge in [0.05, 0.1) is 42.4 Å². The van der Waals surface area contributed by atoms with Gasteiger partial charge in [0.2, 0.25) is 0 Å². The molecule has 0 atom stereocenters. The van der Waals surface area contributed by atoms with Gasteiger partial charge in [-0.25, -0.2) is 18.9 Å². The van der Waals surface area contributed by atoms with Crippen molar-refractivity contribution in [3.05, 3.63) is 71.3 Å². The van der Waals surface area contributed by atoms with E-state index in [0.29, 0.717) is 36.7 Å². The third kappa shape index (κ3) is 4.04. The van der Waals surface area contributed by atoms with Crippen LogP contribution in [0, 0.1) is 5.82 Å². The second-order valence-corrected chi connectivity index (χ2v) is 7.55. The van der Waals surface area contributed by atoms with E-state index in [1.165, 1.54) is 6.07 Å². The van der Waals surface area contributed by atoms with E-state index >= 15 is 0 Å². The fourth-order valence-corrected chi connectivity index (χ4v) is 3.78. The normalized spacial score (nSPS) is 14.2. The van der Waals surface area contributed by atoms with Gasteiger partial charge in [0.25, 0.3) is 0 Å². The summed E-state index contributed by atoms with van der Waals surface area (Å²) in [6.45, 7) is 3.57. The first-order chi connectivity index (χ1) is 15.2. The molecule has 0 bridgehead atoms. The minimum absolute atomic E-state index is 0.0540. The maximum absolute atomic E-state index is 13.9. The summed E-state index contributed by atoms with van der Waals surface area (Å²) in [5, 5.41) is 8.03. The number of anilines is 2. The minimum Gasteiger partial charge on any atom is -0.378 e. The lowest BCUT2D eigenvalue weighted by molar-refractivity contribution is 0.122. The molecule has 0 saturated carbocycles. The van der Waals surface area contributed by atoms with Crippen LogP contribution in [0.1, 0.15) is 5.69 Å². The Labute approximate surface area is 183 Å². The number of imidazole rings is 1. The number of morpholine rings is 1. The molecule has 1 fully saturated rings. The van der Waals surface area contributed by atoms with Crippen molar-refractivity contribution in [2.75, 3.05) is 36.5 Å². The molecule has 1 saturated heterocycles. The summed E-state index contributed by atoms with van der Waals surface area (Å²) in [6, 6.07) is 14.2. The molecule has 1 aliphatic heterocycles. The number of nitrogens with zero attached hydrogens (tertiary/aromatic N) is 5. The number of ether oxygens (including phenoxy) is 1. The fourth-order valence-electron chi connectivity index (χ4n) is 3.56. The molecule has 0 unspecified atom stereocenters. The second kappa shape index (κ2) is 8.49. The molecule has 158 valence electrons. The average Bonchev–Trinajstić information content (AvgIpc) is 3.22. The monoisotopic (exact) mass is 438 g/mol. The van der Waals surface area contributed by atoms with E-state index in [0.717, 1.165) is 30.4 Å². The standard InChI is InChI=1S/C22H20ClFN6O/c23-22-16(3-1-4-17(22)24)18-7-8-20-26-14-15(30(20)28-18)13-25-19-5-2-6-21(27-19)29-9-11-31-12-10-29/h1-8,14H,9-13H2,(H,25,27). The van der Waals surface area contributed by atoms with Crippen molar-refractivity contribution in [1.29, 1.82) is 0 Å². The Morgan fingerprint density at radius 2 is 1.90 bits per heavy atom. The van der Waals surface area contributed by atoms with Gasteiger partial charge in [-0.05, 0) is 30.3 Å². The first-order valence-corrected chi connectivity index (χ1v) is 10.4. The Kier molecular flexibility index (Phi) is 5.40. The molecule has 9 heteroatoms. The predicted octanol–water partition coefficient (Wildman–Crippen LogP) is 4.03. The lowest BCUT2D eigenvalue weighted by Crippen LogP contribution is -2.36. The van der Waals surface area contributed by atoms with E-state index in [1.807, 2.05) is 24.3 Å². The molecule has 0 spiro atoms. The van der Waals surface area contributed by atoms with E-state index in [1.54, 1.807) is 28.9 Å². The molecule has 4 aromatic rings. The van der Waals surface area contributed by atoms with Crippen LogP contribution in [0.3, 0.4) is 0 Å². The van der Waals surface area contributed by atoms with Crippen LogP contribution < -0.4 is 10.2 Å². The molecule has 31 heavy (non-hydrogen) atoms. The van der Waals surface area contributed by atoms with Gasteiger partial charge in [0.15, 0.2) is 5.65 Å². The molecule has 5 rings (SSSR count). The summed E-state index contributed by atoms with van der Waals surface area (Å²) < 4.78 is 21.0.